The zero-order valence-corrected chi connectivity index (χ0v) is 11.7. The summed E-state index contributed by atoms with van der Waals surface area (Å²) in [7, 11) is 0. The van der Waals surface area contributed by atoms with Crippen LogP contribution in [0, 0.1) is 5.82 Å². The van der Waals surface area contributed by atoms with E-state index < -0.39 is 23.3 Å². The Morgan fingerprint density at radius 2 is 1.50 bits per heavy atom. The first kappa shape index (κ1) is 16.0. The smallest absolute Gasteiger partial charge is 0.416 e. The minimum atomic E-state index is -4.40. The van der Waals surface area contributed by atoms with E-state index in [1.807, 2.05) is 0 Å². The molecule has 0 heterocycles. The third kappa shape index (κ3) is 4.08. The maximum Gasteiger partial charge on any atom is 0.416 e. The molecule has 2 aromatic carbocycles. The number of rotatable bonds is 2. The molecular formula is C14H10F4N2OS. The SMILES string of the molecule is Oc1ccc(NC(=S)Nc2ccc(C(F)(F)F)cc2)cc1F. The number of aromatic hydroxyl groups is 1. The number of nitrogens with one attached hydrogen (secondary N) is 2. The second-order valence-electron chi connectivity index (χ2n) is 4.32. The van der Waals surface area contributed by atoms with Crippen molar-refractivity contribution >= 4 is 28.7 Å². The molecule has 3 nitrogen and oxygen atoms in total. The van der Waals surface area contributed by atoms with Gasteiger partial charge >= 0.3 is 6.18 Å². The molecule has 0 amide bonds. The average Bonchev–Trinajstić information content (AvgIpc) is 2.42. The fourth-order valence-electron chi connectivity index (χ4n) is 1.62. The lowest BCUT2D eigenvalue weighted by Crippen LogP contribution is -2.19. The molecule has 0 aliphatic rings. The highest BCUT2D eigenvalue weighted by atomic mass is 32.1. The van der Waals surface area contributed by atoms with Gasteiger partial charge in [-0.25, -0.2) is 4.39 Å². The van der Waals surface area contributed by atoms with E-state index >= 15 is 0 Å². The van der Waals surface area contributed by atoms with Gasteiger partial charge in [0.05, 0.1) is 5.56 Å². The van der Waals surface area contributed by atoms with Gasteiger partial charge in [-0.2, -0.15) is 13.2 Å². The molecule has 116 valence electrons. The van der Waals surface area contributed by atoms with Crippen LogP contribution >= 0.6 is 12.2 Å². The van der Waals surface area contributed by atoms with Gasteiger partial charge in [0.25, 0.3) is 0 Å². The highest BCUT2D eigenvalue weighted by molar-refractivity contribution is 7.80. The van der Waals surface area contributed by atoms with Gasteiger partial charge in [0.1, 0.15) is 0 Å². The molecular weight excluding hydrogens is 320 g/mol. The molecule has 0 saturated heterocycles. The van der Waals surface area contributed by atoms with Gasteiger partial charge in [0, 0.05) is 17.4 Å². The predicted molar refractivity (Wildman–Crippen MR) is 79.4 cm³/mol. The highest BCUT2D eigenvalue weighted by Crippen LogP contribution is 2.29. The minimum absolute atomic E-state index is 0.0739. The van der Waals surface area contributed by atoms with Gasteiger partial charge in [-0.15, -0.1) is 0 Å². The van der Waals surface area contributed by atoms with Crippen LogP contribution in [0.1, 0.15) is 5.56 Å². The molecule has 0 aliphatic carbocycles. The molecule has 0 saturated carbocycles. The first-order valence-electron chi connectivity index (χ1n) is 5.99. The second-order valence-corrected chi connectivity index (χ2v) is 4.73. The first-order valence-corrected chi connectivity index (χ1v) is 6.40. The molecule has 0 aromatic heterocycles. The summed E-state index contributed by atoms with van der Waals surface area (Å²) in [5, 5.41) is 14.5. The lowest BCUT2D eigenvalue weighted by Gasteiger charge is -2.12. The van der Waals surface area contributed by atoms with E-state index in [-0.39, 0.29) is 5.11 Å². The average molecular weight is 330 g/mol. The van der Waals surface area contributed by atoms with Crippen LogP contribution in [-0.4, -0.2) is 10.2 Å². The van der Waals surface area contributed by atoms with Crippen LogP contribution in [0.5, 0.6) is 5.75 Å². The second kappa shape index (κ2) is 6.18. The Balaban J connectivity index is 2.01. The van der Waals surface area contributed by atoms with Crippen molar-refractivity contribution in [3.8, 4) is 5.75 Å². The van der Waals surface area contributed by atoms with Gasteiger partial charge in [0.15, 0.2) is 16.7 Å². The van der Waals surface area contributed by atoms with Gasteiger partial charge in [0.2, 0.25) is 0 Å². The molecule has 0 fully saturated rings. The molecule has 22 heavy (non-hydrogen) atoms. The number of hydrogen-bond acceptors (Lipinski definition) is 2. The summed E-state index contributed by atoms with van der Waals surface area (Å²) < 4.78 is 50.4. The fraction of sp³-hybridized carbons (Fsp3) is 0.0714. The molecule has 8 heteroatoms. The number of thiocarbonyl (C=S) groups is 1. The van der Waals surface area contributed by atoms with Gasteiger partial charge < -0.3 is 15.7 Å². The molecule has 0 unspecified atom stereocenters. The maximum absolute atomic E-state index is 13.2. The Kier molecular flexibility index (Phi) is 4.51. The molecule has 0 radical (unpaired) electrons. The Hall–Kier alpha value is -2.35. The number of halogens is 4. The Morgan fingerprint density at radius 3 is 2.05 bits per heavy atom. The van der Waals surface area contributed by atoms with Crippen LogP contribution in [-0.2, 0) is 6.18 Å². The van der Waals surface area contributed by atoms with Crippen LogP contribution in [0.25, 0.3) is 0 Å². The van der Waals surface area contributed by atoms with E-state index in [0.717, 1.165) is 24.3 Å². The fourth-order valence-corrected chi connectivity index (χ4v) is 1.86. The first-order chi connectivity index (χ1) is 10.3. The quantitative estimate of drug-likeness (QED) is 0.435. The van der Waals surface area contributed by atoms with Crippen molar-refractivity contribution in [3.05, 3.63) is 53.8 Å². The number of benzene rings is 2. The third-order valence-corrected chi connectivity index (χ3v) is 2.88. The van der Waals surface area contributed by atoms with Gasteiger partial charge in [-0.05, 0) is 48.6 Å². The summed E-state index contributed by atoms with van der Waals surface area (Å²) in [6, 6.07) is 7.90. The summed E-state index contributed by atoms with van der Waals surface area (Å²) >= 11 is 4.97. The monoisotopic (exact) mass is 330 g/mol. The molecule has 0 atom stereocenters. The summed E-state index contributed by atoms with van der Waals surface area (Å²) in [6.07, 6.45) is -4.40. The zero-order valence-electron chi connectivity index (χ0n) is 10.9. The van der Waals surface area contributed by atoms with Crippen molar-refractivity contribution in [1.82, 2.24) is 0 Å². The summed E-state index contributed by atoms with van der Waals surface area (Å²) in [5.74, 6) is -1.31. The van der Waals surface area contributed by atoms with E-state index in [2.05, 4.69) is 10.6 Å². The van der Waals surface area contributed by atoms with E-state index in [9.17, 15) is 17.6 Å². The third-order valence-electron chi connectivity index (χ3n) is 2.68. The predicted octanol–water partition coefficient (Wildman–Crippen LogP) is 4.36. The molecule has 0 bridgehead atoms. The van der Waals surface area contributed by atoms with Crippen molar-refractivity contribution in [1.29, 1.82) is 0 Å². The normalized spacial score (nSPS) is 11.1. The Morgan fingerprint density at radius 1 is 0.955 bits per heavy atom. The number of phenols is 1. The van der Waals surface area contributed by atoms with E-state index in [4.69, 9.17) is 17.3 Å². The van der Waals surface area contributed by atoms with Gasteiger partial charge in [-0.1, -0.05) is 0 Å². The van der Waals surface area contributed by atoms with Crippen molar-refractivity contribution in [3.63, 3.8) is 0 Å². The highest BCUT2D eigenvalue weighted by Gasteiger charge is 2.29. The van der Waals surface area contributed by atoms with Crippen molar-refractivity contribution in [2.24, 2.45) is 0 Å². The van der Waals surface area contributed by atoms with Crippen molar-refractivity contribution in [2.45, 2.75) is 6.18 Å². The maximum atomic E-state index is 13.2. The number of hydrogen-bond donors (Lipinski definition) is 3. The standard InChI is InChI=1S/C14H10F4N2OS/c15-11-7-10(5-6-12(11)21)20-13(22)19-9-3-1-8(2-4-9)14(16,17)18/h1-7,21H,(H2,19,20,22). The minimum Gasteiger partial charge on any atom is -0.505 e. The lowest BCUT2D eigenvalue weighted by atomic mass is 10.2. The van der Waals surface area contributed by atoms with Crippen LogP contribution in [0.3, 0.4) is 0 Å². The van der Waals surface area contributed by atoms with Crippen LogP contribution in [0.4, 0.5) is 28.9 Å². The molecule has 3 N–H and O–H groups in total. The Bertz CT molecular complexity index is 686. The van der Waals surface area contributed by atoms with E-state index in [0.29, 0.717) is 11.4 Å². The van der Waals surface area contributed by atoms with E-state index in [1.54, 1.807) is 0 Å². The van der Waals surface area contributed by atoms with Crippen LogP contribution in [0.2, 0.25) is 0 Å². The van der Waals surface area contributed by atoms with Crippen molar-refractivity contribution in [2.75, 3.05) is 10.6 Å². The molecule has 2 aromatic rings. The number of anilines is 2. The van der Waals surface area contributed by atoms with Crippen LogP contribution in [0.15, 0.2) is 42.5 Å². The summed E-state index contributed by atoms with van der Waals surface area (Å²) in [4.78, 5) is 0. The summed E-state index contributed by atoms with van der Waals surface area (Å²) in [5.41, 5.74) is -0.123. The molecule has 2 rings (SSSR count). The Labute approximate surface area is 128 Å². The summed E-state index contributed by atoms with van der Waals surface area (Å²) in [6.45, 7) is 0. The topological polar surface area (TPSA) is 44.3 Å². The molecule has 0 aliphatic heterocycles. The zero-order chi connectivity index (χ0) is 16.3. The van der Waals surface area contributed by atoms with E-state index in [1.165, 1.54) is 18.2 Å². The number of phenolic OH excluding ortho intramolecular Hbond substituents is 1. The van der Waals surface area contributed by atoms with Gasteiger partial charge in [-0.3, -0.25) is 0 Å². The lowest BCUT2D eigenvalue weighted by molar-refractivity contribution is -0.137. The van der Waals surface area contributed by atoms with Crippen molar-refractivity contribution < 1.29 is 22.7 Å². The molecule has 0 spiro atoms. The van der Waals surface area contributed by atoms with Crippen LogP contribution < -0.4 is 10.6 Å². The largest absolute Gasteiger partial charge is 0.505 e. The number of alkyl halides is 3.